The molecule has 4 unspecified atom stereocenters. The molecule has 0 heterocycles. The molecule has 1 nitrogen and oxygen atoms in total. The second kappa shape index (κ2) is 4.46. The van der Waals surface area contributed by atoms with Gasteiger partial charge >= 0.3 is 0 Å². The van der Waals surface area contributed by atoms with Gasteiger partial charge in [-0.1, -0.05) is 46.8 Å². The Morgan fingerprint density at radius 2 is 1.67 bits per heavy atom. The predicted molar refractivity (Wildman–Crippen MR) is 88.0 cm³/mol. The quantitative estimate of drug-likeness (QED) is 0.545. The fourth-order valence-corrected chi connectivity index (χ4v) is 5.64. The smallest absolute Gasteiger partial charge is 0.139 e. The summed E-state index contributed by atoms with van der Waals surface area (Å²) in [5.74, 6) is 3.05. The van der Waals surface area contributed by atoms with Crippen LogP contribution in [0.15, 0.2) is 12.2 Å². The molecule has 4 atom stereocenters. The lowest BCUT2D eigenvalue weighted by atomic mass is 9.70. The standard InChI is InChI=1S/C10H16O.C10H16/c1-9(2)7-4-5-10(9,3)8(11)6-7;1-7-8-4-5-9(6-8)10(7,2)3/h7H,4-6H2,1-3H3;8-9H,1,4-6H2,2-3H3. The van der Waals surface area contributed by atoms with Crippen LogP contribution in [0.5, 0.6) is 0 Å². The summed E-state index contributed by atoms with van der Waals surface area (Å²) < 4.78 is 0. The third-order valence-corrected chi connectivity index (χ3v) is 8.26. The summed E-state index contributed by atoms with van der Waals surface area (Å²) in [5.41, 5.74) is 2.31. The Morgan fingerprint density at radius 3 is 1.90 bits per heavy atom. The highest BCUT2D eigenvalue weighted by atomic mass is 16.1. The van der Waals surface area contributed by atoms with Crippen molar-refractivity contribution in [1.29, 1.82) is 0 Å². The molecule has 0 spiro atoms. The maximum Gasteiger partial charge on any atom is 0.139 e. The summed E-state index contributed by atoms with van der Waals surface area (Å²) in [4.78, 5) is 11.6. The number of Topliss-reactive ketones (excluding diaryl/α,β-unsaturated/α-hetero) is 1. The van der Waals surface area contributed by atoms with Crippen LogP contribution in [0.4, 0.5) is 0 Å². The van der Waals surface area contributed by atoms with Crippen molar-refractivity contribution in [3.05, 3.63) is 12.2 Å². The fourth-order valence-electron chi connectivity index (χ4n) is 5.64. The molecule has 4 saturated carbocycles. The van der Waals surface area contributed by atoms with Gasteiger partial charge in [0.25, 0.3) is 0 Å². The van der Waals surface area contributed by atoms with E-state index in [9.17, 15) is 4.79 Å². The van der Waals surface area contributed by atoms with Crippen molar-refractivity contribution < 1.29 is 4.79 Å². The molecule has 4 fully saturated rings. The van der Waals surface area contributed by atoms with Gasteiger partial charge in [0.2, 0.25) is 0 Å². The van der Waals surface area contributed by atoms with Crippen molar-refractivity contribution in [3.63, 3.8) is 0 Å². The van der Waals surface area contributed by atoms with E-state index in [4.69, 9.17) is 0 Å². The van der Waals surface area contributed by atoms with Gasteiger partial charge in [0.15, 0.2) is 0 Å². The Morgan fingerprint density at radius 1 is 1.00 bits per heavy atom. The van der Waals surface area contributed by atoms with Gasteiger partial charge in [0.05, 0.1) is 0 Å². The van der Waals surface area contributed by atoms with E-state index in [1.54, 1.807) is 0 Å². The average molecular weight is 288 g/mol. The summed E-state index contributed by atoms with van der Waals surface area (Å²) in [6, 6.07) is 0. The molecule has 0 amide bonds. The topological polar surface area (TPSA) is 17.1 Å². The lowest BCUT2D eigenvalue weighted by molar-refractivity contribution is -0.128. The summed E-state index contributed by atoms with van der Waals surface area (Å²) in [7, 11) is 0. The normalized spacial score (nSPS) is 44.9. The SMILES string of the molecule is C=C1C2CCC(C2)C1(C)C.CC12CCC(CC1=O)C2(C)C. The van der Waals surface area contributed by atoms with E-state index < -0.39 is 0 Å². The zero-order valence-electron chi connectivity index (χ0n) is 14.6. The summed E-state index contributed by atoms with van der Waals surface area (Å²) in [6.45, 7) is 15.6. The molecule has 21 heavy (non-hydrogen) atoms. The van der Waals surface area contributed by atoms with Gasteiger partial charge in [0.1, 0.15) is 5.78 Å². The molecular formula is C20H32O. The first-order valence-corrected chi connectivity index (χ1v) is 8.83. The van der Waals surface area contributed by atoms with Gasteiger partial charge in [-0.15, -0.1) is 0 Å². The van der Waals surface area contributed by atoms with Gasteiger partial charge in [-0.2, -0.15) is 0 Å². The van der Waals surface area contributed by atoms with E-state index >= 15 is 0 Å². The highest BCUT2D eigenvalue weighted by Crippen LogP contribution is 2.63. The van der Waals surface area contributed by atoms with E-state index in [1.807, 2.05) is 0 Å². The van der Waals surface area contributed by atoms with E-state index in [0.717, 1.165) is 24.7 Å². The fraction of sp³-hybridized carbons (Fsp3) is 0.850. The Labute approximate surface area is 130 Å². The number of rotatable bonds is 0. The van der Waals surface area contributed by atoms with Crippen LogP contribution in [-0.2, 0) is 4.79 Å². The number of hydrogen-bond acceptors (Lipinski definition) is 1. The predicted octanol–water partition coefficient (Wildman–Crippen LogP) is 5.40. The Kier molecular flexibility index (Phi) is 3.25. The molecule has 0 N–H and O–H groups in total. The van der Waals surface area contributed by atoms with E-state index in [2.05, 4.69) is 41.2 Å². The van der Waals surface area contributed by atoms with Crippen LogP contribution < -0.4 is 0 Å². The third kappa shape index (κ3) is 1.92. The average Bonchev–Trinajstić information content (AvgIpc) is 3.06. The van der Waals surface area contributed by atoms with Crippen LogP contribution in [-0.4, -0.2) is 5.78 Å². The maximum atomic E-state index is 11.6. The van der Waals surface area contributed by atoms with E-state index in [-0.39, 0.29) is 10.8 Å². The van der Waals surface area contributed by atoms with Gasteiger partial charge < -0.3 is 0 Å². The lowest BCUT2D eigenvalue weighted by Gasteiger charge is -2.32. The number of allylic oxidation sites excluding steroid dienone is 1. The summed E-state index contributed by atoms with van der Waals surface area (Å²) in [6.07, 6.45) is 7.57. The minimum atomic E-state index is 0.0255. The first-order chi connectivity index (χ1) is 9.60. The van der Waals surface area contributed by atoms with Crippen molar-refractivity contribution >= 4 is 5.78 Å². The molecule has 0 aromatic rings. The van der Waals surface area contributed by atoms with Crippen molar-refractivity contribution in [3.8, 4) is 0 Å². The van der Waals surface area contributed by atoms with Gasteiger partial charge in [0, 0.05) is 11.8 Å². The van der Waals surface area contributed by atoms with Crippen molar-refractivity contribution in [2.75, 3.05) is 0 Å². The molecule has 4 aliphatic carbocycles. The summed E-state index contributed by atoms with van der Waals surface area (Å²) in [5, 5.41) is 0. The summed E-state index contributed by atoms with van der Waals surface area (Å²) >= 11 is 0. The van der Waals surface area contributed by atoms with Gasteiger partial charge in [-0.05, 0) is 60.7 Å². The van der Waals surface area contributed by atoms with Crippen molar-refractivity contribution in [1.82, 2.24) is 0 Å². The molecule has 1 heteroatoms. The minimum Gasteiger partial charge on any atom is -0.299 e. The number of hydrogen-bond donors (Lipinski definition) is 0. The second-order valence-corrected chi connectivity index (χ2v) is 9.37. The molecule has 0 aromatic heterocycles. The van der Waals surface area contributed by atoms with Gasteiger partial charge in [-0.25, -0.2) is 0 Å². The monoisotopic (exact) mass is 288 g/mol. The molecule has 0 aromatic carbocycles. The van der Waals surface area contributed by atoms with E-state index in [0.29, 0.717) is 17.1 Å². The molecule has 4 aliphatic rings. The first kappa shape index (κ1) is 15.3. The van der Waals surface area contributed by atoms with Gasteiger partial charge in [-0.3, -0.25) is 4.79 Å². The zero-order chi connectivity index (χ0) is 15.6. The molecule has 118 valence electrons. The van der Waals surface area contributed by atoms with Crippen LogP contribution in [0.25, 0.3) is 0 Å². The van der Waals surface area contributed by atoms with Crippen LogP contribution in [0.3, 0.4) is 0 Å². The largest absolute Gasteiger partial charge is 0.299 e. The molecular weight excluding hydrogens is 256 g/mol. The van der Waals surface area contributed by atoms with Crippen molar-refractivity contribution in [2.45, 2.75) is 73.1 Å². The Hall–Kier alpha value is -0.590. The van der Waals surface area contributed by atoms with Crippen LogP contribution in [0.1, 0.15) is 73.1 Å². The third-order valence-electron chi connectivity index (χ3n) is 8.26. The molecule has 4 rings (SSSR count). The van der Waals surface area contributed by atoms with Crippen LogP contribution >= 0.6 is 0 Å². The number of ketones is 1. The van der Waals surface area contributed by atoms with Crippen LogP contribution in [0, 0.1) is 34.0 Å². The zero-order valence-corrected chi connectivity index (χ0v) is 14.6. The number of carbonyl (C=O) groups excluding carboxylic acids is 1. The number of fused-ring (bicyclic) bond motifs is 4. The lowest BCUT2D eigenvalue weighted by Crippen LogP contribution is -2.32. The molecule has 0 saturated heterocycles. The first-order valence-electron chi connectivity index (χ1n) is 8.83. The van der Waals surface area contributed by atoms with Crippen molar-refractivity contribution in [2.24, 2.45) is 34.0 Å². The Balaban J connectivity index is 0.000000126. The van der Waals surface area contributed by atoms with E-state index in [1.165, 1.54) is 31.3 Å². The second-order valence-electron chi connectivity index (χ2n) is 9.37. The molecule has 4 bridgehead atoms. The van der Waals surface area contributed by atoms with Crippen LogP contribution in [0.2, 0.25) is 0 Å². The number of carbonyl (C=O) groups is 1. The molecule has 0 radical (unpaired) electrons. The molecule has 0 aliphatic heterocycles. The highest BCUT2D eigenvalue weighted by Gasteiger charge is 2.61. The highest BCUT2D eigenvalue weighted by molar-refractivity contribution is 5.89. The minimum absolute atomic E-state index is 0.0255. The maximum absolute atomic E-state index is 11.6. The Bertz CT molecular complexity index is 484.